The molecule has 23 heavy (non-hydrogen) atoms. The van der Waals surface area contributed by atoms with Crippen molar-refractivity contribution in [1.29, 1.82) is 0 Å². The number of nitrogens with zero attached hydrogens (tertiary/aromatic N) is 2. The Balaban J connectivity index is 1.61. The molecule has 6 heteroatoms. The van der Waals surface area contributed by atoms with Crippen LogP contribution in [0.15, 0.2) is 29.2 Å². The molecule has 0 bridgehead atoms. The molecule has 128 valence electrons. The van der Waals surface area contributed by atoms with Crippen molar-refractivity contribution in [2.75, 3.05) is 45.5 Å². The van der Waals surface area contributed by atoms with Gasteiger partial charge in [-0.05, 0) is 38.2 Å². The van der Waals surface area contributed by atoms with Gasteiger partial charge in [-0.3, -0.25) is 9.69 Å². The Bertz CT molecular complexity index is 489. The number of hydrogen-bond donors (Lipinski definition) is 1. The Hall–Kier alpha value is -1.11. The Morgan fingerprint density at radius 3 is 2.57 bits per heavy atom. The van der Waals surface area contributed by atoms with Gasteiger partial charge in [0.25, 0.3) is 0 Å². The molecule has 1 aromatic rings. The van der Waals surface area contributed by atoms with Crippen molar-refractivity contribution in [3.05, 3.63) is 30.1 Å². The molecular weight excluding hydrogens is 313 g/mol. The zero-order valence-corrected chi connectivity index (χ0v) is 14.7. The van der Waals surface area contributed by atoms with Crippen molar-refractivity contribution >= 4 is 17.7 Å². The number of carbonyl (C=O) groups excluding carboxylic acids is 1. The van der Waals surface area contributed by atoms with Crippen LogP contribution in [0.4, 0.5) is 4.39 Å². The minimum absolute atomic E-state index is 0.0845. The molecule has 1 aliphatic rings. The van der Waals surface area contributed by atoms with Gasteiger partial charge < -0.3 is 10.2 Å². The fraction of sp³-hybridized carbons (Fsp3) is 0.588. The molecule has 0 spiro atoms. The standard InChI is InChI=1S/C17H26FN3OS/c1-14(13-21-10-8-20(2)9-11-21)19-17(22)7-12-23-16-5-3-15(18)4-6-16/h3-6,14H,7-13H2,1-2H3,(H,19,22)/t14-/m0/s1. The van der Waals surface area contributed by atoms with E-state index in [1.807, 2.05) is 0 Å². The van der Waals surface area contributed by atoms with Crippen molar-refractivity contribution in [2.24, 2.45) is 0 Å². The SMILES string of the molecule is C[C@@H](CN1CCN(C)CC1)NC(=O)CCSc1ccc(F)cc1. The number of amides is 1. The minimum Gasteiger partial charge on any atom is -0.352 e. The molecule has 1 amide bonds. The molecule has 0 aromatic heterocycles. The van der Waals surface area contributed by atoms with Crippen LogP contribution in [0.1, 0.15) is 13.3 Å². The number of likely N-dealkylation sites (N-methyl/N-ethyl adjacent to an activating group) is 1. The highest BCUT2D eigenvalue weighted by molar-refractivity contribution is 7.99. The summed E-state index contributed by atoms with van der Waals surface area (Å²) in [5.41, 5.74) is 0. The summed E-state index contributed by atoms with van der Waals surface area (Å²) in [5.74, 6) is 0.560. The van der Waals surface area contributed by atoms with Gasteiger partial charge in [0.05, 0.1) is 0 Å². The van der Waals surface area contributed by atoms with Crippen LogP contribution >= 0.6 is 11.8 Å². The number of nitrogens with one attached hydrogen (secondary N) is 1. The maximum Gasteiger partial charge on any atom is 0.221 e. The molecule has 0 radical (unpaired) electrons. The number of benzene rings is 1. The fourth-order valence-corrected chi connectivity index (χ4v) is 3.45. The van der Waals surface area contributed by atoms with Crippen LogP contribution in [0, 0.1) is 5.82 Å². The monoisotopic (exact) mass is 339 g/mol. The quantitative estimate of drug-likeness (QED) is 0.772. The first-order chi connectivity index (χ1) is 11.0. The van der Waals surface area contributed by atoms with Crippen molar-refractivity contribution < 1.29 is 9.18 Å². The lowest BCUT2D eigenvalue weighted by atomic mass is 10.2. The van der Waals surface area contributed by atoms with E-state index in [2.05, 4.69) is 29.1 Å². The van der Waals surface area contributed by atoms with Crippen molar-refractivity contribution in [2.45, 2.75) is 24.3 Å². The van der Waals surface area contributed by atoms with Crippen molar-refractivity contribution in [3.8, 4) is 0 Å². The van der Waals surface area contributed by atoms with Crippen molar-refractivity contribution in [3.63, 3.8) is 0 Å². The molecule has 0 unspecified atom stereocenters. The predicted molar refractivity (Wildman–Crippen MR) is 93.3 cm³/mol. The summed E-state index contributed by atoms with van der Waals surface area (Å²) in [6.45, 7) is 7.28. The molecule has 1 fully saturated rings. The highest BCUT2D eigenvalue weighted by atomic mass is 32.2. The molecule has 1 aliphatic heterocycles. The molecule has 1 N–H and O–H groups in total. The highest BCUT2D eigenvalue weighted by Crippen LogP contribution is 2.18. The van der Waals surface area contributed by atoms with E-state index in [4.69, 9.17) is 0 Å². The molecule has 1 heterocycles. The lowest BCUT2D eigenvalue weighted by molar-refractivity contribution is -0.121. The van der Waals surface area contributed by atoms with E-state index in [0.29, 0.717) is 12.2 Å². The summed E-state index contributed by atoms with van der Waals surface area (Å²) < 4.78 is 12.8. The number of halogens is 1. The van der Waals surface area contributed by atoms with Gasteiger partial charge in [0.15, 0.2) is 0 Å². The molecule has 1 atom stereocenters. The lowest BCUT2D eigenvalue weighted by Gasteiger charge is -2.34. The summed E-state index contributed by atoms with van der Waals surface area (Å²) >= 11 is 1.58. The third kappa shape index (κ3) is 6.89. The van der Waals surface area contributed by atoms with Gasteiger partial charge in [-0.2, -0.15) is 0 Å². The Morgan fingerprint density at radius 2 is 1.91 bits per heavy atom. The first kappa shape index (κ1) is 18.2. The van der Waals surface area contributed by atoms with Gasteiger partial charge in [-0.25, -0.2) is 4.39 Å². The molecule has 0 saturated carbocycles. The maximum absolute atomic E-state index is 12.8. The van der Waals surface area contributed by atoms with E-state index in [9.17, 15) is 9.18 Å². The average molecular weight is 339 g/mol. The molecule has 1 saturated heterocycles. The van der Waals surface area contributed by atoms with Crippen LogP contribution in [0.25, 0.3) is 0 Å². The van der Waals surface area contributed by atoms with Crippen LogP contribution in [0.3, 0.4) is 0 Å². The topological polar surface area (TPSA) is 35.6 Å². The lowest BCUT2D eigenvalue weighted by Crippen LogP contribution is -2.49. The number of hydrogen-bond acceptors (Lipinski definition) is 4. The molecule has 0 aliphatic carbocycles. The van der Waals surface area contributed by atoms with Gasteiger partial charge in [0, 0.05) is 55.8 Å². The number of thioether (sulfide) groups is 1. The second-order valence-corrected chi connectivity index (χ2v) is 7.29. The third-order valence-electron chi connectivity index (χ3n) is 3.95. The average Bonchev–Trinajstić information content (AvgIpc) is 2.51. The Kier molecular flexibility index (Phi) is 7.33. The minimum atomic E-state index is -0.232. The van der Waals surface area contributed by atoms with E-state index >= 15 is 0 Å². The van der Waals surface area contributed by atoms with Crippen LogP contribution in [0.5, 0.6) is 0 Å². The van der Waals surface area contributed by atoms with E-state index in [-0.39, 0.29) is 17.8 Å². The zero-order chi connectivity index (χ0) is 16.7. The second-order valence-electron chi connectivity index (χ2n) is 6.12. The smallest absolute Gasteiger partial charge is 0.221 e. The Morgan fingerprint density at radius 1 is 1.26 bits per heavy atom. The summed E-state index contributed by atoms with van der Waals surface area (Å²) in [7, 11) is 2.14. The van der Waals surface area contributed by atoms with Gasteiger partial charge in [0.1, 0.15) is 5.82 Å². The summed E-state index contributed by atoms with van der Waals surface area (Å²) in [5, 5.41) is 3.07. The molecule has 4 nitrogen and oxygen atoms in total. The molecular formula is C17H26FN3OS. The first-order valence-electron chi connectivity index (χ1n) is 8.11. The van der Waals surface area contributed by atoms with Gasteiger partial charge in [-0.1, -0.05) is 0 Å². The highest BCUT2D eigenvalue weighted by Gasteiger charge is 2.16. The van der Waals surface area contributed by atoms with Gasteiger partial charge >= 0.3 is 0 Å². The normalized spacial score (nSPS) is 17.9. The maximum atomic E-state index is 12.8. The van der Waals surface area contributed by atoms with Gasteiger partial charge in [-0.15, -0.1) is 11.8 Å². The molecule has 2 rings (SSSR count). The first-order valence-corrected chi connectivity index (χ1v) is 9.10. The van der Waals surface area contributed by atoms with E-state index < -0.39 is 0 Å². The number of carbonyl (C=O) groups is 1. The number of piperazine rings is 1. The second kappa shape index (κ2) is 9.25. The van der Waals surface area contributed by atoms with Gasteiger partial charge in [0.2, 0.25) is 5.91 Å². The third-order valence-corrected chi connectivity index (χ3v) is 4.96. The van der Waals surface area contributed by atoms with E-state index in [1.54, 1.807) is 23.9 Å². The predicted octanol–water partition coefficient (Wildman–Crippen LogP) is 2.06. The summed E-state index contributed by atoms with van der Waals surface area (Å²) in [4.78, 5) is 17.7. The van der Waals surface area contributed by atoms with Crippen LogP contribution in [0.2, 0.25) is 0 Å². The van der Waals surface area contributed by atoms with Crippen LogP contribution in [-0.2, 0) is 4.79 Å². The summed E-state index contributed by atoms with van der Waals surface area (Å²) in [6, 6.07) is 6.55. The Labute approximate surface area is 142 Å². The van der Waals surface area contributed by atoms with E-state index in [1.165, 1.54) is 12.1 Å². The van der Waals surface area contributed by atoms with Crippen LogP contribution < -0.4 is 5.32 Å². The van der Waals surface area contributed by atoms with Crippen molar-refractivity contribution in [1.82, 2.24) is 15.1 Å². The largest absolute Gasteiger partial charge is 0.352 e. The molecule has 1 aromatic carbocycles. The summed E-state index contributed by atoms with van der Waals surface area (Å²) in [6.07, 6.45) is 0.481. The van der Waals surface area contributed by atoms with Crippen LogP contribution in [-0.4, -0.2) is 67.3 Å². The number of rotatable bonds is 7. The van der Waals surface area contributed by atoms with E-state index in [0.717, 1.165) is 37.6 Å². The zero-order valence-electron chi connectivity index (χ0n) is 13.9. The fourth-order valence-electron chi connectivity index (χ4n) is 2.60.